The second-order valence-corrected chi connectivity index (χ2v) is 8.38. The maximum absolute atomic E-state index is 12.8. The Kier molecular flexibility index (Phi) is 5.04. The molecule has 1 N–H and O–H groups in total. The Morgan fingerprint density at radius 1 is 1.24 bits per heavy atom. The zero-order valence-electron chi connectivity index (χ0n) is 17.1. The predicted octanol–water partition coefficient (Wildman–Crippen LogP) is 3.32. The Hall–Kier alpha value is -2.86. The fourth-order valence-corrected chi connectivity index (χ4v) is 4.03. The Bertz CT molecular complexity index is 1110. The molecule has 1 fully saturated rings. The van der Waals surface area contributed by atoms with Crippen molar-refractivity contribution in [1.29, 1.82) is 0 Å². The van der Waals surface area contributed by atoms with Crippen LogP contribution in [0, 0.1) is 12.3 Å². The van der Waals surface area contributed by atoms with Gasteiger partial charge < -0.3 is 19.0 Å². The number of carbonyl (C=O) groups is 1. The molecule has 29 heavy (non-hydrogen) atoms. The quantitative estimate of drug-likeness (QED) is 0.696. The number of H-pyrrole nitrogens is 1. The first-order valence-electron chi connectivity index (χ1n) is 9.88. The summed E-state index contributed by atoms with van der Waals surface area (Å²) in [5.74, 6) is 0.295. The zero-order valence-corrected chi connectivity index (χ0v) is 17.1. The summed E-state index contributed by atoms with van der Waals surface area (Å²) >= 11 is 0. The summed E-state index contributed by atoms with van der Waals surface area (Å²) in [7, 11) is 1.72. The Labute approximate surface area is 169 Å². The van der Waals surface area contributed by atoms with Gasteiger partial charge >= 0.3 is 5.63 Å². The van der Waals surface area contributed by atoms with Crippen LogP contribution in [-0.4, -0.2) is 42.6 Å². The lowest BCUT2D eigenvalue weighted by Crippen LogP contribution is -2.49. The Morgan fingerprint density at radius 2 is 2.00 bits per heavy atom. The molecule has 0 saturated carbocycles. The molecule has 0 bridgehead atoms. The Morgan fingerprint density at radius 3 is 2.69 bits per heavy atom. The number of hydrogen-bond donors (Lipinski definition) is 1. The summed E-state index contributed by atoms with van der Waals surface area (Å²) in [5.41, 5.74) is 2.43. The van der Waals surface area contributed by atoms with Crippen LogP contribution in [0.4, 0.5) is 0 Å². The molecule has 1 aliphatic heterocycles. The lowest BCUT2D eigenvalue weighted by atomic mass is 9.88. The van der Waals surface area contributed by atoms with Crippen LogP contribution in [0.2, 0.25) is 0 Å². The van der Waals surface area contributed by atoms with E-state index in [1.165, 1.54) is 10.9 Å². The van der Waals surface area contributed by atoms with E-state index in [2.05, 4.69) is 18.0 Å². The SMILES string of the molecule is Cc1cc(CCc2c[nH]c3ccccc23)oc(=O)c1C(=O)N(C)CC1(C)COC1. The third-order valence-corrected chi connectivity index (χ3v) is 5.60. The fourth-order valence-electron chi connectivity index (χ4n) is 4.03. The van der Waals surface area contributed by atoms with Crippen LogP contribution >= 0.6 is 0 Å². The van der Waals surface area contributed by atoms with Crippen LogP contribution < -0.4 is 5.63 Å². The molecule has 0 radical (unpaired) electrons. The molecule has 1 aliphatic rings. The highest BCUT2D eigenvalue weighted by atomic mass is 16.5. The largest absolute Gasteiger partial charge is 0.427 e. The highest BCUT2D eigenvalue weighted by Gasteiger charge is 2.36. The average Bonchev–Trinajstić information content (AvgIpc) is 3.07. The zero-order chi connectivity index (χ0) is 20.6. The van der Waals surface area contributed by atoms with Crippen molar-refractivity contribution < 1.29 is 13.9 Å². The highest BCUT2D eigenvalue weighted by molar-refractivity contribution is 5.95. The number of nitrogens with one attached hydrogen (secondary N) is 1. The molecule has 2 aromatic heterocycles. The minimum absolute atomic E-state index is 0.0439. The molecule has 1 saturated heterocycles. The maximum atomic E-state index is 12.8. The van der Waals surface area contributed by atoms with Gasteiger partial charge in [-0.3, -0.25) is 4.79 Å². The van der Waals surface area contributed by atoms with E-state index in [1.54, 1.807) is 18.9 Å². The normalized spacial score (nSPS) is 15.3. The van der Waals surface area contributed by atoms with Crippen LogP contribution in [0.3, 0.4) is 0 Å². The smallest absolute Gasteiger partial charge is 0.349 e. The van der Waals surface area contributed by atoms with Gasteiger partial charge in [0, 0.05) is 42.5 Å². The first-order chi connectivity index (χ1) is 13.9. The van der Waals surface area contributed by atoms with E-state index >= 15 is 0 Å². The number of benzene rings is 1. The first-order valence-corrected chi connectivity index (χ1v) is 9.88. The van der Waals surface area contributed by atoms with Gasteiger partial charge in [-0.15, -0.1) is 0 Å². The number of ether oxygens (including phenoxy) is 1. The average molecular weight is 394 g/mol. The lowest BCUT2D eigenvalue weighted by molar-refractivity contribution is -0.109. The van der Waals surface area contributed by atoms with E-state index < -0.39 is 5.63 Å². The van der Waals surface area contributed by atoms with Crippen molar-refractivity contribution in [3.63, 3.8) is 0 Å². The first kappa shape index (κ1) is 19.5. The molecule has 0 aliphatic carbocycles. The second kappa shape index (κ2) is 7.52. The van der Waals surface area contributed by atoms with Crippen molar-refractivity contribution in [1.82, 2.24) is 9.88 Å². The van der Waals surface area contributed by atoms with Gasteiger partial charge in [0.2, 0.25) is 0 Å². The molecule has 0 spiro atoms. The van der Waals surface area contributed by atoms with Crippen molar-refractivity contribution in [2.45, 2.75) is 26.7 Å². The third kappa shape index (κ3) is 3.85. The minimum atomic E-state index is -0.564. The number of aromatic nitrogens is 1. The fraction of sp³-hybridized carbons (Fsp3) is 0.391. The van der Waals surface area contributed by atoms with Crippen molar-refractivity contribution in [3.8, 4) is 0 Å². The predicted molar refractivity (Wildman–Crippen MR) is 111 cm³/mol. The summed E-state index contributed by atoms with van der Waals surface area (Å²) in [6.45, 7) is 5.67. The number of nitrogens with zero attached hydrogens (tertiary/aromatic N) is 1. The molecule has 3 heterocycles. The number of hydrogen-bond acceptors (Lipinski definition) is 4. The van der Waals surface area contributed by atoms with Gasteiger partial charge in [-0.2, -0.15) is 0 Å². The number of fused-ring (bicyclic) bond motifs is 1. The van der Waals surface area contributed by atoms with Crippen molar-refractivity contribution in [2.24, 2.45) is 5.41 Å². The van der Waals surface area contributed by atoms with E-state index in [0.717, 1.165) is 11.9 Å². The van der Waals surface area contributed by atoms with Gasteiger partial charge in [0.25, 0.3) is 5.91 Å². The molecular weight excluding hydrogens is 368 g/mol. The maximum Gasteiger partial charge on any atom is 0.349 e. The summed E-state index contributed by atoms with van der Waals surface area (Å²) < 4.78 is 10.8. The van der Waals surface area contributed by atoms with Crippen molar-refractivity contribution in [3.05, 3.63) is 69.4 Å². The molecule has 6 heteroatoms. The Balaban J connectivity index is 1.49. The number of aryl methyl sites for hydroxylation is 3. The van der Waals surface area contributed by atoms with Gasteiger partial charge in [0.05, 0.1) is 13.2 Å². The minimum Gasteiger partial charge on any atom is -0.427 e. The van der Waals surface area contributed by atoms with Gasteiger partial charge in [-0.1, -0.05) is 25.1 Å². The van der Waals surface area contributed by atoms with E-state index in [1.807, 2.05) is 30.5 Å². The molecule has 1 amide bonds. The summed E-state index contributed by atoms with van der Waals surface area (Å²) in [6.07, 6.45) is 3.34. The third-order valence-electron chi connectivity index (χ3n) is 5.60. The molecule has 0 atom stereocenters. The summed E-state index contributed by atoms with van der Waals surface area (Å²) in [4.78, 5) is 30.3. The van der Waals surface area contributed by atoms with Gasteiger partial charge in [-0.25, -0.2) is 4.79 Å². The number of amides is 1. The standard InChI is InChI=1S/C23H26N2O4/c1-15-10-17(9-8-16-11-24-19-7-5-4-6-18(16)19)29-22(27)20(15)21(26)25(3)12-23(2)13-28-14-23/h4-7,10-11,24H,8-9,12-14H2,1-3H3. The molecule has 1 aromatic carbocycles. The van der Waals surface area contributed by atoms with Gasteiger partial charge in [0.15, 0.2) is 0 Å². The van der Waals surface area contributed by atoms with E-state index in [0.29, 0.717) is 37.5 Å². The molecule has 0 unspecified atom stereocenters. The van der Waals surface area contributed by atoms with Crippen LogP contribution in [0.25, 0.3) is 10.9 Å². The number of rotatable bonds is 6. The highest BCUT2D eigenvalue weighted by Crippen LogP contribution is 2.27. The van der Waals surface area contributed by atoms with Crippen LogP contribution in [0.5, 0.6) is 0 Å². The van der Waals surface area contributed by atoms with E-state index in [4.69, 9.17) is 9.15 Å². The van der Waals surface area contributed by atoms with Crippen LogP contribution in [0.1, 0.15) is 34.2 Å². The summed E-state index contributed by atoms with van der Waals surface area (Å²) in [6, 6.07) is 9.93. The lowest BCUT2D eigenvalue weighted by Gasteiger charge is -2.40. The number of aromatic amines is 1. The molecular formula is C23H26N2O4. The van der Waals surface area contributed by atoms with Crippen molar-refractivity contribution in [2.75, 3.05) is 26.8 Å². The van der Waals surface area contributed by atoms with E-state index in [9.17, 15) is 9.59 Å². The molecule has 152 valence electrons. The summed E-state index contributed by atoms with van der Waals surface area (Å²) in [5, 5.41) is 1.17. The molecule has 4 rings (SSSR count). The number of carbonyl (C=O) groups excluding carboxylic acids is 1. The topological polar surface area (TPSA) is 75.5 Å². The van der Waals surface area contributed by atoms with Gasteiger partial charge in [-0.05, 0) is 36.6 Å². The monoisotopic (exact) mass is 394 g/mol. The molecule has 3 aromatic rings. The number of para-hydroxylation sites is 1. The van der Waals surface area contributed by atoms with Crippen molar-refractivity contribution >= 4 is 16.8 Å². The molecule has 6 nitrogen and oxygen atoms in total. The van der Waals surface area contributed by atoms with Gasteiger partial charge in [0.1, 0.15) is 11.3 Å². The van der Waals surface area contributed by atoms with Crippen LogP contribution in [-0.2, 0) is 17.6 Å². The van der Waals surface area contributed by atoms with E-state index in [-0.39, 0.29) is 16.9 Å². The second-order valence-electron chi connectivity index (χ2n) is 8.38. The van der Waals surface area contributed by atoms with Crippen LogP contribution in [0.15, 0.2) is 45.7 Å².